The van der Waals surface area contributed by atoms with E-state index in [4.69, 9.17) is 9.15 Å². The van der Waals surface area contributed by atoms with Gasteiger partial charge in [-0.1, -0.05) is 6.07 Å². The van der Waals surface area contributed by atoms with E-state index < -0.39 is 5.63 Å². The van der Waals surface area contributed by atoms with Gasteiger partial charge < -0.3 is 18.6 Å². The van der Waals surface area contributed by atoms with Crippen molar-refractivity contribution in [3.05, 3.63) is 75.0 Å². The Hall–Kier alpha value is -3.35. The molecule has 148 valence electrons. The quantitative estimate of drug-likeness (QED) is 0.637. The number of aromatic nitrogens is 1. The van der Waals surface area contributed by atoms with Crippen LogP contribution in [0.15, 0.2) is 62.5 Å². The molecule has 0 aliphatic carbocycles. The molecule has 2 atom stereocenters. The lowest BCUT2D eigenvalue weighted by Gasteiger charge is -2.42. The molecule has 1 aromatic carbocycles. The van der Waals surface area contributed by atoms with E-state index in [2.05, 4.69) is 0 Å². The van der Waals surface area contributed by atoms with Gasteiger partial charge >= 0.3 is 5.63 Å². The molecule has 1 fully saturated rings. The summed E-state index contributed by atoms with van der Waals surface area (Å²) in [6.07, 6.45) is 0.998. The Morgan fingerprint density at radius 1 is 1.07 bits per heavy atom. The van der Waals surface area contributed by atoms with Crippen molar-refractivity contribution >= 4 is 16.9 Å². The lowest BCUT2D eigenvalue weighted by molar-refractivity contribution is -0.136. The lowest BCUT2D eigenvalue weighted by atomic mass is 9.83. The average molecular weight is 392 g/mol. The van der Waals surface area contributed by atoms with Crippen LogP contribution in [-0.2, 0) is 11.3 Å². The van der Waals surface area contributed by atoms with Crippen LogP contribution in [0.5, 0.6) is 5.75 Å². The van der Waals surface area contributed by atoms with Crippen molar-refractivity contribution in [1.29, 1.82) is 0 Å². The Labute approximate surface area is 166 Å². The van der Waals surface area contributed by atoms with Gasteiger partial charge in [-0.05, 0) is 36.6 Å². The van der Waals surface area contributed by atoms with Crippen molar-refractivity contribution in [3.8, 4) is 5.75 Å². The smallest absolute Gasteiger partial charge is 0.336 e. The van der Waals surface area contributed by atoms with Crippen molar-refractivity contribution in [2.24, 2.45) is 5.92 Å². The standard InChI is InChI=1S/C22H20N2O5/c25-20-3-1-2-18-16-8-14(11-24(18)20)10-23(12-16)21(26)13-28-17-6-4-15-5-7-22(27)29-19(15)9-17/h1-7,9,14,16H,8,10-13H2/t14-,16-/m1/s1. The molecule has 0 radical (unpaired) electrons. The van der Waals surface area contributed by atoms with Crippen LogP contribution in [0.3, 0.4) is 0 Å². The van der Waals surface area contributed by atoms with Crippen LogP contribution < -0.4 is 15.9 Å². The van der Waals surface area contributed by atoms with E-state index in [1.165, 1.54) is 6.07 Å². The van der Waals surface area contributed by atoms with Crippen LogP contribution in [0.1, 0.15) is 18.0 Å². The summed E-state index contributed by atoms with van der Waals surface area (Å²) in [5.41, 5.74) is 1.04. The SMILES string of the molecule is O=C(COc1ccc2ccc(=O)oc2c1)N1C[C@H]2C[C@H](C1)c1cccc(=O)n1C2. The minimum Gasteiger partial charge on any atom is -0.484 e. The fraction of sp³-hybridized carbons (Fsp3) is 0.318. The molecule has 3 aromatic rings. The van der Waals surface area contributed by atoms with Gasteiger partial charge in [-0.2, -0.15) is 0 Å². The maximum atomic E-state index is 12.8. The predicted octanol–water partition coefficient (Wildman–Crippen LogP) is 1.98. The number of rotatable bonds is 3. The molecule has 1 saturated heterocycles. The number of fused-ring (bicyclic) bond motifs is 5. The fourth-order valence-corrected chi connectivity index (χ4v) is 4.47. The maximum Gasteiger partial charge on any atom is 0.336 e. The van der Waals surface area contributed by atoms with Crippen LogP contribution in [0, 0.1) is 5.92 Å². The Morgan fingerprint density at radius 2 is 1.93 bits per heavy atom. The van der Waals surface area contributed by atoms with Gasteiger partial charge in [0.15, 0.2) is 6.61 Å². The molecule has 7 nitrogen and oxygen atoms in total. The van der Waals surface area contributed by atoms with Crippen molar-refractivity contribution in [1.82, 2.24) is 9.47 Å². The molecule has 2 bridgehead atoms. The first kappa shape index (κ1) is 17.7. The summed E-state index contributed by atoms with van der Waals surface area (Å²) in [7, 11) is 0. The van der Waals surface area contributed by atoms with Gasteiger partial charge in [-0.25, -0.2) is 4.79 Å². The van der Waals surface area contributed by atoms with E-state index >= 15 is 0 Å². The number of carbonyl (C=O) groups is 1. The number of likely N-dealkylation sites (tertiary alicyclic amines) is 1. The second kappa shape index (κ2) is 6.92. The number of nitrogens with zero attached hydrogens (tertiary/aromatic N) is 2. The van der Waals surface area contributed by atoms with E-state index in [0.717, 1.165) is 17.5 Å². The number of amides is 1. The first-order valence-corrected chi connectivity index (χ1v) is 9.71. The average Bonchev–Trinajstić information content (AvgIpc) is 2.72. The summed E-state index contributed by atoms with van der Waals surface area (Å²) in [6, 6.07) is 13.6. The highest BCUT2D eigenvalue weighted by Gasteiger charge is 2.36. The highest BCUT2D eigenvalue weighted by molar-refractivity contribution is 5.79. The normalized spacial score (nSPS) is 20.3. The molecule has 0 unspecified atom stereocenters. The Morgan fingerprint density at radius 3 is 2.83 bits per heavy atom. The largest absolute Gasteiger partial charge is 0.484 e. The summed E-state index contributed by atoms with van der Waals surface area (Å²) in [5.74, 6) is 0.853. The fourth-order valence-electron chi connectivity index (χ4n) is 4.47. The topological polar surface area (TPSA) is 81.8 Å². The molecule has 5 rings (SSSR count). The summed E-state index contributed by atoms with van der Waals surface area (Å²) in [5, 5.41) is 0.793. The highest BCUT2D eigenvalue weighted by Crippen LogP contribution is 2.35. The van der Waals surface area contributed by atoms with Crippen LogP contribution in [0.2, 0.25) is 0 Å². The first-order valence-electron chi connectivity index (χ1n) is 9.71. The van der Waals surface area contributed by atoms with Gasteiger partial charge in [-0.3, -0.25) is 9.59 Å². The molecule has 0 spiro atoms. The van der Waals surface area contributed by atoms with Gasteiger partial charge in [-0.15, -0.1) is 0 Å². The third kappa shape index (κ3) is 3.33. The molecule has 0 saturated carbocycles. The lowest BCUT2D eigenvalue weighted by Crippen LogP contribution is -2.50. The minimum absolute atomic E-state index is 0.0308. The van der Waals surface area contributed by atoms with Crippen LogP contribution in [-0.4, -0.2) is 35.1 Å². The maximum absolute atomic E-state index is 12.8. The van der Waals surface area contributed by atoms with Crippen molar-refractivity contribution in [3.63, 3.8) is 0 Å². The van der Waals surface area contributed by atoms with E-state index in [9.17, 15) is 14.4 Å². The summed E-state index contributed by atoms with van der Waals surface area (Å²) in [4.78, 5) is 38.1. The van der Waals surface area contributed by atoms with E-state index in [-0.39, 0.29) is 29.9 Å². The van der Waals surface area contributed by atoms with E-state index in [1.807, 2.05) is 15.5 Å². The van der Waals surface area contributed by atoms with Gasteiger partial charge in [0.1, 0.15) is 11.3 Å². The number of piperidine rings is 1. The number of pyridine rings is 1. The number of hydrogen-bond acceptors (Lipinski definition) is 5. The highest BCUT2D eigenvalue weighted by atomic mass is 16.5. The molecule has 2 aromatic heterocycles. The number of carbonyl (C=O) groups excluding carboxylic acids is 1. The Kier molecular flexibility index (Phi) is 4.23. The zero-order valence-electron chi connectivity index (χ0n) is 15.7. The molecule has 1 amide bonds. The van der Waals surface area contributed by atoms with E-state index in [0.29, 0.717) is 31.0 Å². The molecular formula is C22H20N2O5. The van der Waals surface area contributed by atoms with Gasteiger partial charge in [0.25, 0.3) is 11.5 Å². The first-order chi connectivity index (χ1) is 14.1. The number of ether oxygens (including phenoxy) is 1. The van der Waals surface area contributed by atoms with Crippen molar-refractivity contribution in [2.45, 2.75) is 18.9 Å². The zero-order valence-corrected chi connectivity index (χ0v) is 15.7. The zero-order chi connectivity index (χ0) is 20.0. The third-order valence-corrected chi connectivity index (χ3v) is 5.79. The monoisotopic (exact) mass is 392 g/mol. The minimum atomic E-state index is -0.426. The van der Waals surface area contributed by atoms with Gasteiger partial charge in [0.2, 0.25) is 0 Å². The number of hydrogen-bond donors (Lipinski definition) is 0. The van der Waals surface area contributed by atoms with Gasteiger partial charge in [0, 0.05) is 54.8 Å². The Balaban J connectivity index is 1.29. The molecule has 4 heterocycles. The second-order valence-electron chi connectivity index (χ2n) is 7.74. The van der Waals surface area contributed by atoms with Crippen LogP contribution in [0.4, 0.5) is 0 Å². The predicted molar refractivity (Wildman–Crippen MR) is 106 cm³/mol. The molecule has 7 heteroatoms. The van der Waals surface area contributed by atoms with Gasteiger partial charge in [0.05, 0.1) is 0 Å². The van der Waals surface area contributed by atoms with Crippen molar-refractivity contribution in [2.75, 3.05) is 19.7 Å². The molecule has 29 heavy (non-hydrogen) atoms. The third-order valence-electron chi connectivity index (χ3n) is 5.79. The second-order valence-corrected chi connectivity index (χ2v) is 7.74. The summed E-state index contributed by atoms with van der Waals surface area (Å²) < 4.78 is 12.7. The Bertz CT molecular complexity index is 1210. The summed E-state index contributed by atoms with van der Waals surface area (Å²) in [6.45, 7) is 1.80. The molecular weight excluding hydrogens is 372 g/mol. The summed E-state index contributed by atoms with van der Waals surface area (Å²) >= 11 is 0. The van der Waals surface area contributed by atoms with E-state index in [1.54, 1.807) is 36.4 Å². The molecule has 0 N–H and O–H groups in total. The number of benzene rings is 1. The molecule has 2 aliphatic rings. The van der Waals surface area contributed by atoms with Crippen LogP contribution >= 0.6 is 0 Å². The van der Waals surface area contributed by atoms with Crippen LogP contribution in [0.25, 0.3) is 11.0 Å². The molecule has 2 aliphatic heterocycles. The van der Waals surface area contributed by atoms with Crippen molar-refractivity contribution < 1.29 is 13.9 Å².